The minimum atomic E-state index is -0.756. The van der Waals surface area contributed by atoms with Gasteiger partial charge in [-0.25, -0.2) is 0 Å². The number of carboxylic acid groups (broad SMARTS) is 1. The van der Waals surface area contributed by atoms with Crippen molar-refractivity contribution in [3.63, 3.8) is 0 Å². The Kier molecular flexibility index (Phi) is 3.42. The van der Waals surface area contributed by atoms with Crippen LogP contribution in [0.5, 0.6) is 0 Å². The molecule has 4 heteroatoms. The molecule has 3 rings (SSSR count). The average Bonchev–Trinajstić information content (AvgIpc) is 3.15. The molecule has 0 bridgehead atoms. The van der Waals surface area contributed by atoms with Crippen molar-refractivity contribution in [2.75, 3.05) is 24.5 Å². The van der Waals surface area contributed by atoms with E-state index in [1.54, 1.807) is 0 Å². The van der Waals surface area contributed by atoms with E-state index in [9.17, 15) is 4.79 Å². The molecule has 1 aliphatic heterocycles. The Balaban J connectivity index is 1.73. The van der Waals surface area contributed by atoms with Crippen LogP contribution in [0.2, 0.25) is 0 Å². The van der Waals surface area contributed by atoms with Gasteiger partial charge in [0.25, 0.3) is 0 Å². The van der Waals surface area contributed by atoms with Crippen LogP contribution in [0.1, 0.15) is 19.3 Å². The second-order valence-electron chi connectivity index (χ2n) is 5.53. The maximum atomic E-state index is 11.1. The van der Waals surface area contributed by atoms with Gasteiger partial charge in [-0.2, -0.15) is 0 Å². The second kappa shape index (κ2) is 5.21. The van der Waals surface area contributed by atoms with Gasteiger partial charge in [0.15, 0.2) is 0 Å². The molecular weight excluding hydrogens is 240 g/mol. The van der Waals surface area contributed by atoms with E-state index in [1.165, 1.54) is 12.8 Å². The summed E-state index contributed by atoms with van der Waals surface area (Å²) in [6.07, 6.45) is 3.70. The fraction of sp³-hybridized carbons (Fsp3) is 0.533. The van der Waals surface area contributed by atoms with Gasteiger partial charge in [0.1, 0.15) is 6.54 Å². The Morgan fingerprint density at radius 1 is 1.26 bits per heavy atom. The van der Waals surface area contributed by atoms with Crippen LogP contribution in [0.3, 0.4) is 0 Å². The number of hydrogen-bond donors (Lipinski definition) is 1. The lowest BCUT2D eigenvalue weighted by atomic mass is 10.2. The zero-order valence-electron chi connectivity index (χ0n) is 11.0. The Hall–Kier alpha value is -1.55. The quantitative estimate of drug-likeness (QED) is 0.877. The highest BCUT2D eigenvalue weighted by molar-refractivity contribution is 5.74. The number of anilines is 1. The van der Waals surface area contributed by atoms with Crippen molar-refractivity contribution in [1.29, 1.82) is 0 Å². The van der Waals surface area contributed by atoms with Gasteiger partial charge in [-0.15, -0.1) is 0 Å². The molecule has 102 valence electrons. The SMILES string of the molecule is O=C(O)CN(c1ccccc1)C1CCN(C2CC2)C1. The lowest BCUT2D eigenvalue weighted by Crippen LogP contribution is -2.41. The zero-order valence-corrected chi connectivity index (χ0v) is 11.0. The first-order chi connectivity index (χ1) is 9.24. The van der Waals surface area contributed by atoms with Crippen LogP contribution in [0.4, 0.5) is 5.69 Å². The molecule has 1 N–H and O–H groups in total. The molecule has 2 aliphatic rings. The summed E-state index contributed by atoms with van der Waals surface area (Å²) in [5.41, 5.74) is 1.02. The highest BCUT2D eigenvalue weighted by atomic mass is 16.4. The van der Waals surface area contributed by atoms with Crippen molar-refractivity contribution in [2.24, 2.45) is 0 Å². The minimum absolute atomic E-state index is 0.0905. The third-order valence-electron chi connectivity index (χ3n) is 4.09. The van der Waals surface area contributed by atoms with Gasteiger partial charge in [-0.1, -0.05) is 18.2 Å². The summed E-state index contributed by atoms with van der Waals surface area (Å²) in [6, 6.07) is 11.0. The molecule has 1 aromatic carbocycles. The predicted octanol–water partition coefficient (Wildman–Crippen LogP) is 1.81. The van der Waals surface area contributed by atoms with Gasteiger partial charge in [-0.3, -0.25) is 9.69 Å². The largest absolute Gasteiger partial charge is 0.480 e. The minimum Gasteiger partial charge on any atom is -0.480 e. The van der Waals surface area contributed by atoms with Crippen molar-refractivity contribution in [3.8, 4) is 0 Å². The first kappa shape index (κ1) is 12.5. The Labute approximate surface area is 113 Å². The first-order valence-electron chi connectivity index (χ1n) is 7.01. The molecule has 1 aliphatic carbocycles. The first-order valence-corrected chi connectivity index (χ1v) is 7.01. The van der Waals surface area contributed by atoms with Gasteiger partial charge in [0.2, 0.25) is 0 Å². The van der Waals surface area contributed by atoms with E-state index >= 15 is 0 Å². The molecular formula is C15H20N2O2. The third-order valence-corrected chi connectivity index (χ3v) is 4.09. The molecule has 0 aromatic heterocycles. The summed E-state index contributed by atoms with van der Waals surface area (Å²) >= 11 is 0. The zero-order chi connectivity index (χ0) is 13.2. The molecule has 1 heterocycles. The fourth-order valence-electron chi connectivity index (χ4n) is 2.99. The molecule has 2 fully saturated rings. The van der Waals surface area contributed by atoms with E-state index in [1.807, 2.05) is 35.2 Å². The van der Waals surface area contributed by atoms with E-state index in [-0.39, 0.29) is 6.54 Å². The third kappa shape index (κ3) is 2.89. The molecule has 0 spiro atoms. The van der Waals surface area contributed by atoms with Crippen molar-refractivity contribution in [3.05, 3.63) is 30.3 Å². The number of carbonyl (C=O) groups is 1. The maximum absolute atomic E-state index is 11.1. The number of para-hydroxylation sites is 1. The topological polar surface area (TPSA) is 43.8 Å². The van der Waals surface area contributed by atoms with Crippen LogP contribution < -0.4 is 4.90 Å². The van der Waals surface area contributed by atoms with E-state index in [4.69, 9.17) is 5.11 Å². The molecule has 4 nitrogen and oxygen atoms in total. The average molecular weight is 260 g/mol. The van der Waals surface area contributed by atoms with Crippen molar-refractivity contribution < 1.29 is 9.90 Å². The van der Waals surface area contributed by atoms with Crippen LogP contribution in [0.25, 0.3) is 0 Å². The lowest BCUT2D eigenvalue weighted by Gasteiger charge is -2.29. The summed E-state index contributed by atoms with van der Waals surface area (Å²) in [6.45, 7) is 2.21. The van der Waals surface area contributed by atoms with E-state index < -0.39 is 5.97 Å². The smallest absolute Gasteiger partial charge is 0.323 e. The normalized spacial score (nSPS) is 23.5. The molecule has 1 aromatic rings. The van der Waals surface area contributed by atoms with Crippen molar-refractivity contribution in [2.45, 2.75) is 31.3 Å². The monoisotopic (exact) mass is 260 g/mol. The predicted molar refractivity (Wildman–Crippen MR) is 74.4 cm³/mol. The Morgan fingerprint density at radius 3 is 2.63 bits per heavy atom. The summed E-state index contributed by atoms with van der Waals surface area (Å²) in [4.78, 5) is 15.7. The fourth-order valence-corrected chi connectivity index (χ4v) is 2.99. The number of rotatable bonds is 5. The number of aliphatic carboxylic acids is 1. The summed E-state index contributed by atoms with van der Waals surface area (Å²) in [5.74, 6) is -0.756. The van der Waals surface area contributed by atoms with Gasteiger partial charge in [0, 0.05) is 30.9 Å². The van der Waals surface area contributed by atoms with Crippen LogP contribution in [0, 0.1) is 0 Å². The molecule has 1 saturated carbocycles. The number of nitrogens with zero attached hydrogens (tertiary/aromatic N) is 2. The number of carboxylic acids is 1. The number of benzene rings is 1. The van der Waals surface area contributed by atoms with Crippen LogP contribution in [-0.4, -0.2) is 47.7 Å². The second-order valence-corrected chi connectivity index (χ2v) is 5.53. The summed E-state index contributed by atoms with van der Waals surface area (Å²) in [7, 11) is 0. The Morgan fingerprint density at radius 2 is 2.00 bits per heavy atom. The molecule has 1 saturated heterocycles. The summed E-state index contributed by atoms with van der Waals surface area (Å²) < 4.78 is 0. The van der Waals surface area contributed by atoms with Crippen molar-refractivity contribution >= 4 is 11.7 Å². The van der Waals surface area contributed by atoms with E-state index in [0.717, 1.165) is 31.2 Å². The maximum Gasteiger partial charge on any atom is 0.323 e. The van der Waals surface area contributed by atoms with Gasteiger partial charge < -0.3 is 10.0 Å². The molecule has 1 unspecified atom stereocenters. The van der Waals surface area contributed by atoms with Gasteiger partial charge >= 0.3 is 5.97 Å². The van der Waals surface area contributed by atoms with Crippen LogP contribution >= 0.6 is 0 Å². The Bertz CT molecular complexity index is 445. The molecule has 0 radical (unpaired) electrons. The van der Waals surface area contributed by atoms with Crippen molar-refractivity contribution in [1.82, 2.24) is 4.90 Å². The molecule has 0 amide bonds. The highest BCUT2D eigenvalue weighted by Crippen LogP contribution is 2.32. The van der Waals surface area contributed by atoms with Gasteiger partial charge in [0.05, 0.1) is 0 Å². The number of likely N-dealkylation sites (tertiary alicyclic amines) is 1. The molecule has 1 atom stereocenters. The summed E-state index contributed by atoms with van der Waals surface area (Å²) in [5, 5.41) is 9.14. The van der Waals surface area contributed by atoms with Gasteiger partial charge in [-0.05, 0) is 31.4 Å². The van der Waals surface area contributed by atoms with E-state index in [2.05, 4.69) is 4.90 Å². The lowest BCUT2D eigenvalue weighted by molar-refractivity contribution is -0.135. The highest BCUT2D eigenvalue weighted by Gasteiger charge is 2.36. The number of hydrogen-bond acceptors (Lipinski definition) is 3. The van der Waals surface area contributed by atoms with Crippen LogP contribution in [0.15, 0.2) is 30.3 Å². The van der Waals surface area contributed by atoms with Crippen LogP contribution in [-0.2, 0) is 4.79 Å². The van der Waals surface area contributed by atoms with E-state index in [0.29, 0.717) is 6.04 Å². The standard InChI is InChI=1S/C15H20N2O2/c18-15(19)11-17(13-4-2-1-3-5-13)14-8-9-16(10-14)12-6-7-12/h1-5,12,14H,6-11H2,(H,18,19). The molecule has 19 heavy (non-hydrogen) atoms.